The molecule has 0 aromatic heterocycles. The first-order valence-corrected chi connectivity index (χ1v) is 9.20. The summed E-state index contributed by atoms with van der Waals surface area (Å²) >= 11 is 0. The van der Waals surface area contributed by atoms with Gasteiger partial charge in [0.25, 0.3) is 0 Å². The summed E-state index contributed by atoms with van der Waals surface area (Å²) in [7, 11) is -3.02. The zero-order valence-corrected chi connectivity index (χ0v) is 13.8. The lowest BCUT2D eigenvalue weighted by molar-refractivity contribution is 0.210. The Hall–Kier alpha value is -0.630. The molecule has 0 aliphatic heterocycles. The van der Waals surface area contributed by atoms with Crippen LogP contribution in [0.5, 0.6) is 0 Å². The molecule has 20 heavy (non-hydrogen) atoms. The zero-order chi connectivity index (χ0) is 14.8. The van der Waals surface area contributed by atoms with E-state index in [2.05, 4.69) is 19.1 Å². The molecular formula is C16H27O3P. The Morgan fingerprint density at radius 2 is 1.65 bits per heavy atom. The van der Waals surface area contributed by atoms with E-state index < -0.39 is 7.60 Å². The second-order valence-corrected chi connectivity index (χ2v) is 7.19. The maximum atomic E-state index is 13.0. The molecule has 4 heteroatoms. The lowest BCUT2D eigenvalue weighted by atomic mass is 10.1. The Labute approximate surface area is 123 Å². The fourth-order valence-electron chi connectivity index (χ4n) is 2.31. The Kier molecular flexibility index (Phi) is 8.13. The van der Waals surface area contributed by atoms with Gasteiger partial charge >= 0.3 is 7.60 Å². The van der Waals surface area contributed by atoms with E-state index in [0.29, 0.717) is 13.2 Å². The van der Waals surface area contributed by atoms with E-state index in [9.17, 15) is 4.57 Å². The Morgan fingerprint density at radius 1 is 1.05 bits per heavy atom. The predicted molar refractivity (Wildman–Crippen MR) is 84.3 cm³/mol. The van der Waals surface area contributed by atoms with Crippen LogP contribution in [0.15, 0.2) is 30.3 Å². The smallest absolute Gasteiger partial charge is 0.309 e. The molecule has 0 saturated carbocycles. The van der Waals surface area contributed by atoms with E-state index in [1.165, 1.54) is 5.56 Å². The predicted octanol–water partition coefficient (Wildman–Crippen LogP) is 5.05. The van der Waals surface area contributed by atoms with Crippen LogP contribution < -0.4 is 0 Å². The molecule has 1 rings (SSSR count). The van der Waals surface area contributed by atoms with Crippen molar-refractivity contribution in [3.05, 3.63) is 35.9 Å². The number of hydrogen-bond acceptors (Lipinski definition) is 3. The second kappa shape index (κ2) is 9.33. The summed E-state index contributed by atoms with van der Waals surface area (Å²) in [5, 5.41) is 0. The van der Waals surface area contributed by atoms with Gasteiger partial charge in [-0.05, 0) is 32.3 Å². The molecular weight excluding hydrogens is 271 g/mol. The van der Waals surface area contributed by atoms with Crippen molar-refractivity contribution in [1.29, 1.82) is 0 Å². The monoisotopic (exact) mass is 298 g/mol. The van der Waals surface area contributed by atoms with Crippen molar-refractivity contribution in [2.24, 2.45) is 0 Å². The van der Waals surface area contributed by atoms with Crippen molar-refractivity contribution in [3.8, 4) is 0 Å². The van der Waals surface area contributed by atoms with Gasteiger partial charge in [-0.2, -0.15) is 0 Å². The topological polar surface area (TPSA) is 35.5 Å². The Morgan fingerprint density at radius 3 is 2.15 bits per heavy atom. The van der Waals surface area contributed by atoms with Crippen molar-refractivity contribution in [1.82, 2.24) is 0 Å². The van der Waals surface area contributed by atoms with Gasteiger partial charge in [0.2, 0.25) is 0 Å². The minimum absolute atomic E-state index is 0.0512. The van der Waals surface area contributed by atoms with Gasteiger partial charge in [0.05, 0.1) is 18.9 Å². The van der Waals surface area contributed by atoms with Gasteiger partial charge in [0.15, 0.2) is 0 Å². The summed E-state index contributed by atoms with van der Waals surface area (Å²) in [6.45, 7) is 6.73. The quantitative estimate of drug-likeness (QED) is 0.567. The molecule has 0 heterocycles. The standard InChI is InChI=1S/C16H27O3P/c1-4-7-13-16(14-15-11-9-8-10-12-15)20(17,18-5-2)19-6-3/h8-12,16H,4-7,13-14H2,1-3H3. The van der Waals surface area contributed by atoms with Crippen molar-refractivity contribution >= 4 is 7.60 Å². The highest BCUT2D eigenvalue weighted by Crippen LogP contribution is 2.55. The van der Waals surface area contributed by atoms with Gasteiger partial charge in [-0.1, -0.05) is 50.1 Å². The normalized spacial score (nSPS) is 13.3. The van der Waals surface area contributed by atoms with Crippen molar-refractivity contribution in [2.45, 2.75) is 52.1 Å². The highest BCUT2D eigenvalue weighted by atomic mass is 31.2. The fraction of sp³-hybridized carbons (Fsp3) is 0.625. The zero-order valence-electron chi connectivity index (χ0n) is 12.9. The molecule has 3 nitrogen and oxygen atoms in total. The number of benzene rings is 1. The SMILES string of the molecule is CCCCC(Cc1ccccc1)P(=O)(OCC)OCC. The molecule has 1 atom stereocenters. The third kappa shape index (κ3) is 5.40. The van der Waals surface area contributed by atoms with Crippen LogP contribution in [0.4, 0.5) is 0 Å². The van der Waals surface area contributed by atoms with Crippen LogP contribution in [0, 0.1) is 0 Å². The fourth-order valence-corrected chi connectivity index (χ4v) is 4.46. The molecule has 0 fully saturated rings. The number of hydrogen-bond donors (Lipinski definition) is 0. The molecule has 0 saturated heterocycles. The molecule has 0 N–H and O–H groups in total. The number of unbranched alkanes of at least 4 members (excludes halogenated alkanes) is 1. The summed E-state index contributed by atoms with van der Waals surface area (Å²) in [6, 6.07) is 10.2. The van der Waals surface area contributed by atoms with Gasteiger partial charge in [0.1, 0.15) is 0 Å². The van der Waals surface area contributed by atoms with Gasteiger partial charge in [-0.15, -0.1) is 0 Å². The van der Waals surface area contributed by atoms with Crippen molar-refractivity contribution in [3.63, 3.8) is 0 Å². The van der Waals surface area contributed by atoms with Crippen LogP contribution in [-0.4, -0.2) is 18.9 Å². The average molecular weight is 298 g/mol. The maximum absolute atomic E-state index is 13.0. The Bertz CT molecular complexity index is 395. The first-order valence-electron chi connectivity index (χ1n) is 7.59. The molecule has 0 bridgehead atoms. The largest absolute Gasteiger partial charge is 0.334 e. The molecule has 0 spiro atoms. The summed E-state index contributed by atoms with van der Waals surface area (Å²) in [4.78, 5) is 0. The van der Waals surface area contributed by atoms with E-state index in [4.69, 9.17) is 9.05 Å². The van der Waals surface area contributed by atoms with E-state index in [1.54, 1.807) is 0 Å². The molecule has 0 amide bonds. The van der Waals surface area contributed by atoms with E-state index in [1.807, 2.05) is 32.0 Å². The van der Waals surface area contributed by atoms with Crippen LogP contribution >= 0.6 is 7.60 Å². The minimum Gasteiger partial charge on any atom is -0.309 e. The first kappa shape index (κ1) is 17.4. The lowest BCUT2D eigenvalue weighted by Crippen LogP contribution is -2.16. The first-order chi connectivity index (χ1) is 9.66. The van der Waals surface area contributed by atoms with Crippen LogP contribution in [-0.2, 0) is 20.0 Å². The summed E-state index contributed by atoms with van der Waals surface area (Å²) in [5.41, 5.74) is 1.14. The minimum atomic E-state index is -3.02. The van der Waals surface area contributed by atoms with Crippen LogP contribution in [0.2, 0.25) is 0 Å². The van der Waals surface area contributed by atoms with E-state index in [-0.39, 0.29) is 5.66 Å². The molecule has 114 valence electrons. The third-order valence-electron chi connectivity index (χ3n) is 3.27. The van der Waals surface area contributed by atoms with Gasteiger partial charge in [-0.3, -0.25) is 4.57 Å². The molecule has 1 aromatic rings. The van der Waals surface area contributed by atoms with Crippen LogP contribution in [0.25, 0.3) is 0 Å². The molecule has 1 aromatic carbocycles. The van der Waals surface area contributed by atoms with E-state index in [0.717, 1.165) is 25.7 Å². The average Bonchev–Trinajstić information content (AvgIpc) is 2.45. The van der Waals surface area contributed by atoms with Gasteiger partial charge in [0, 0.05) is 0 Å². The van der Waals surface area contributed by atoms with E-state index >= 15 is 0 Å². The van der Waals surface area contributed by atoms with Crippen molar-refractivity contribution in [2.75, 3.05) is 13.2 Å². The lowest BCUT2D eigenvalue weighted by Gasteiger charge is -2.26. The summed E-state index contributed by atoms with van der Waals surface area (Å²) in [5.74, 6) is 0. The molecule has 0 radical (unpaired) electrons. The van der Waals surface area contributed by atoms with Crippen molar-refractivity contribution < 1.29 is 13.6 Å². The third-order valence-corrected chi connectivity index (χ3v) is 5.84. The molecule has 0 aliphatic carbocycles. The number of rotatable bonds is 10. The van der Waals surface area contributed by atoms with Crippen LogP contribution in [0.1, 0.15) is 45.6 Å². The summed E-state index contributed by atoms with van der Waals surface area (Å²) < 4.78 is 24.0. The summed E-state index contributed by atoms with van der Waals surface area (Å²) in [6.07, 6.45) is 3.76. The highest BCUT2D eigenvalue weighted by molar-refractivity contribution is 7.54. The van der Waals surface area contributed by atoms with Crippen LogP contribution in [0.3, 0.4) is 0 Å². The maximum Gasteiger partial charge on any atom is 0.334 e. The highest BCUT2D eigenvalue weighted by Gasteiger charge is 2.34. The molecule has 0 aliphatic rings. The molecule has 1 unspecified atom stereocenters. The van der Waals surface area contributed by atoms with Gasteiger partial charge in [-0.25, -0.2) is 0 Å². The van der Waals surface area contributed by atoms with Gasteiger partial charge < -0.3 is 9.05 Å². The Balaban J connectivity index is 2.87. The second-order valence-electron chi connectivity index (χ2n) is 4.86.